The predicted octanol–water partition coefficient (Wildman–Crippen LogP) is 3.79. The Morgan fingerprint density at radius 1 is 1.28 bits per heavy atom. The molecule has 2 rings (SSSR count). The number of nitrogens with one attached hydrogen (secondary N) is 2. The van der Waals surface area contributed by atoms with E-state index in [2.05, 4.69) is 15.6 Å². The number of methoxy groups -OCH3 is 1. The van der Waals surface area contributed by atoms with Crippen LogP contribution in [0.15, 0.2) is 36.5 Å². The first-order valence-electron chi connectivity index (χ1n) is 7.86. The first-order chi connectivity index (χ1) is 11.9. The minimum Gasteiger partial charge on any atom is -0.465 e. The molecule has 1 amide bonds. The molecule has 0 aliphatic rings. The SMILES string of the molecule is CCC(C)NC(=O)c1ccc(Nc2cc(C(=O)OC)ccc2Cl)cn1. The summed E-state index contributed by atoms with van der Waals surface area (Å²) in [4.78, 5) is 27.8. The van der Waals surface area contributed by atoms with Gasteiger partial charge < -0.3 is 15.4 Å². The molecule has 0 saturated carbocycles. The molecule has 0 spiro atoms. The molecule has 0 aliphatic heterocycles. The smallest absolute Gasteiger partial charge is 0.337 e. The van der Waals surface area contributed by atoms with Crippen LogP contribution in [0.4, 0.5) is 11.4 Å². The number of carbonyl (C=O) groups excluding carboxylic acids is 2. The van der Waals surface area contributed by atoms with Crippen LogP contribution in [0.2, 0.25) is 5.02 Å². The highest BCUT2D eigenvalue weighted by atomic mass is 35.5. The normalized spacial score (nSPS) is 11.5. The number of pyridine rings is 1. The highest BCUT2D eigenvalue weighted by Gasteiger charge is 2.11. The Labute approximate surface area is 151 Å². The zero-order chi connectivity index (χ0) is 18.4. The van der Waals surface area contributed by atoms with Crippen LogP contribution in [0.5, 0.6) is 0 Å². The molecule has 6 nitrogen and oxygen atoms in total. The third kappa shape index (κ3) is 4.93. The molecule has 2 N–H and O–H groups in total. The molecule has 0 aliphatic carbocycles. The second-order valence-corrected chi connectivity index (χ2v) is 5.93. The van der Waals surface area contributed by atoms with Gasteiger partial charge in [0.05, 0.1) is 35.3 Å². The van der Waals surface area contributed by atoms with Crippen molar-refractivity contribution in [1.82, 2.24) is 10.3 Å². The van der Waals surface area contributed by atoms with Crippen molar-refractivity contribution in [2.75, 3.05) is 12.4 Å². The molecule has 0 bridgehead atoms. The second-order valence-electron chi connectivity index (χ2n) is 5.53. The van der Waals surface area contributed by atoms with E-state index in [9.17, 15) is 9.59 Å². The van der Waals surface area contributed by atoms with Gasteiger partial charge in [-0.1, -0.05) is 18.5 Å². The standard InChI is InChI=1S/C18H20ClN3O3/c1-4-11(2)21-17(23)15-8-6-13(10-20-15)22-16-9-12(18(24)25-3)5-7-14(16)19/h5-11,22H,4H2,1-3H3,(H,21,23). The highest BCUT2D eigenvalue weighted by Crippen LogP contribution is 2.26. The number of aromatic nitrogens is 1. The molecule has 0 radical (unpaired) electrons. The first-order valence-corrected chi connectivity index (χ1v) is 8.24. The summed E-state index contributed by atoms with van der Waals surface area (Å²) in [5, 5.41) is 6.38. The van der Waals surface area contributed by atoms with Crippen LogP contribution in [0.3, 0.4) is 0 Å². The monoisotopic (exact) mass is 361 g/mol. The van der Waals surface area contributed by atoms with E-state index in [-0.39, 0.29) is 11.9 Å². The average Bonchev–Trinajstić information content (AvgIpc) is 2.63. The van der Waals surface area contributed by atoms with Crippen LogP contribution in [-0.4, -0.2) is 30.0 Å². The van der Waals surface area contributed by atoms with Crippen LogP contribution < -0.4 is 10.6 Å². The van der Waals surface area contributed by atoms with Gasteiger partial charge in [-0.05, 0) is 43.7 Å². The maximum Gasteiger partial charge on any atom is 0.337 e. The minimum atomic E-state index is -0.449. The van der Waals surface area contributed by atoms with Gasteiger partial charge in [0.2, 0.25) is 0 Å². The Hall–Kier alpha value is -2.60. The van der Waals surface area contributed by atoms with Crippen molar-refractivity contribution in [2.24, 2.45) is 0 Å². The van der Waals surface area contributed by atoms with Gasteiger partial charge in [-0.2, -0.15) is 0 Å². The van der Waals surface area contributed by atoms with Gasteiger partial charge in [-0.25, -0.2) is 9.78 Å². The molecular weight excluding hydrogens is 342 g/mol. The summed E-state index contributed by atoms with van der Waals surface area (Å²) >= 11 is 6.15. The first kappa shape index (κ1) is 18.7. The summed E-state index contributed by atoms with van der Waals surface area (Å²) in [7, 11) is 1.32. The van der Waals surface area contributed by atoms with Gasteiger partial charge in [0, 0.05) is 6.04 Å². The molecular formula is C18H20ClN3O3. The summed E-state index contributed by atoms with van der Waals surface area (Å²) in [6.45, 7) is 3.93. The van der Waals surface area contributed by atoms with Crippen LogP contribution in [0, 0.1) is 0 Å². The Balaban J connectivity index is 2.13. The number of rotatable bonds is 6. The van der Waals surface area contributed by atoms with Crippen molar-refractivity contribution in [2.45, 2.75) is 26.3 Å². The van der Waals surface area contributed by atoms with Gasteiger partial charge in [0.1, 0.15) is 5.69 Å². The van der Waals surface area contributed by atoms with Crippen molar-refractivity contribution in [3.05, 3.63) is 52.8 Å². The fourth-order valence-corrected chi connectivity index (χ4v) is 2.19. The Morgan fingerprint density at radius 2 is 2.04 bits per heavy atom. The molecule has 1 atom stereocenters. The maximum absolute atomic E-state index is 12.0. The molecule has 1 aromatic carbocycles. The molecule has 7 heteroatoms. The number of carbonyl (C=O) groups is 2. The topological polar surface area (TPSA) is 80.3 Å². The Morgan fingerprint density at radius 3 is 2.64 bits per heavy atom. The van der Waals surface area contributed by atoms with Crippen molar-refractivity contribution < 1.29 is 14.3 Å². The number of esters is 1. The summed E-state index contributed by atoms with van der Waals surface area (Å²) in [5.74, 6) is -0.665. The molecule has 0 saturated heterocycles. The van der Waals surface area contributed by atoms with Gasteiger partial charge in [-0.3, -0.25) is 4.79 Å². The number of hydrogen-bond donors (Lipinski definition) is 2. The van der Waals surface area contributed by atoms with E-state index in [1.807, 2.05) is 13.8 Å². The summed E-state index contributed by atoms with van der Waals surface area (Å²) < 4.78 is 4.70. The molecule has 1 aromatic heterocycles. The number of benzene rings is 1. The third-order valence-electron chi connectivity index (χ3n) is 3.65. The van der Waals surface area contributed by atoms with Crippen LogP contribution in [-0.2, 0) is 4.74 Å². The molecule has 0 fully saturated rings. The second kappa shape index (κ2) is 8.48. The number of nitrogens with zero attached hydrogens (tertiary/aromatic N) is 1. The van der Waals surface area contributed by atoms with E-state index < -0.39 is 5.97 Å². The molecule has 25 heavy (non-hydrogen) atoms. The molecule has 132 valence electrons. The van der Waals surface area contributed by atoms with Crippen LogP contribution >= 0.6 is 11.6 Å². The zero-order valence-corrected chi connectivity index (χ0v) is 15.1. The van der Waals surface area contributed by atoms with Crippen molar-refractivity contribution in [3.8, 4) is 0 Å². The third-order valence-corrected chi connectivity index (χ3v) is 3.98. The van der Waals surface area contributed by atoms with E-state index >= 15 is 0 Å². The lowest BCUT2D eigenvalue weighted by atomic mass is 10.2. The largest absolute Gasteiger partial charge is 0.465 e. The number of anilines is 2. The molecule has 1 unspecified atom stereocenters. The lowest BCUT2D eigenvalue weighted by Gasteiger charge is -2.12. The van der Waals surface area contributed by atoms with Crippen LogP contribution in [0.25, 0.3) is 0 Å². The number of amides is 1. The Bertz CT molecular complexity index is 763. The average molecular weight is 362 g/mol. The number of ether oxygens (including phenoxy) is 1. The van der Waals surface area contributed by atoms with E-state index in [1.54, 1.807) is 30.3 Å². The summed E-state index contributed by atoms with van der Waals surface area (Å²) in [6.07, 6.45) is 2.38. The van der Waals surface area contributed by atoms with E-state index in [1.165, 1.54) is 13.3 Å². The van der Waals surface area contributed by atoms with E-state index in [0.29, 0.717) is 27.7 Å². The number of halogens is 1. The molecule has 2 aromatic rings. The lowest BCUT2D eigenvalue weighted by molar-refractivity contribution is 0.0600. The fourth-order valence-electron chi connectivity index (χ4n) is 2.02. The number of hydrogen-bond acceptors (Lipinski definition) is 5. The molecule has 1 heterocycles. The Kier molecular flexibility index (Phi) is 6.36. The van der Waals surface area contributed by atoms with E-state index in [0.717, 1.165) is 6.42 Å². The van der Waals surface area contributed by atoms with Gasteiger partial charge in [0.25, 0.3) is 5.91 Å². The van der Waals surface area contributed by atoms with Crippen LogP contribution in [0.1, 0.15) is 41.1 Å². The maximum atomic E-state index is 12.0. The minimum absolute atomic E-state index is 0.0898. The quantitative estimate of drug-likeness (QED) is 0.765. The summed E-state index contributed by atoms with van der Waals surface area (Å²) in [6, 6.07) is 8.22. The lowest BCUT2D eigenvalue weighted by Crippen LogP contribution is -2.32. The highest BCUT2D eigenvalue weighted by molar-refractivity contribution is 6.33. The van der Waals surface area contributed by atoms with Gasteiger partial charge >= 0.3 is 5.97 Å². The van der Waals surface area contributed by atoms with Crippen molar-refractivity contribution in [1.29, 1.82) is 0 Å². The van der Waals surface area contributed by atoms with Gasteiger partial charge in [0.15, 0.2) is 0 Å². The predicted molar refractivity (Wildman–Crippen MR) is 97.5 cm³/mol. The summed E-state index contributed by atoms with van der Waals surface area (Å²) in [5.41, 5.74) is 1.90. The zero-order valence-electron chi connectivity index (χ0n) is 14.3. The van der Waals surface area contributed by atoms with Crippen molar-refractivity contribution >= 4 is 34.9 Å². The fraction of sp³-hybridized carbons (Fsp3) is 0.278. The van der Waals surface area contributed by atoms with E-state index in [4.69, 9.17) is 16.3 Å². The van der Waals surface area contributed by atoms with Gasteiger partial charge in [-0.15, -0.1) is 0 Å². The van der Waals surface area contributed by atoms with Crippen molar-refractivity contribution in [3.63, 3.8) is 0 Å².